The van der Waals surface area contributed by atoms with Gasteiger partial charge in [-0.15, -0.1) is 0 Å². The van der Waals surface area contributed by atoms with E-state index in [4.69, 9.17) is 22.3 Å². The quantitative estimate of drug-likeness (QED) is 0.0952. The standard InChI is InChI=1S/C27H41N7O7/c28-11-5-3-9-20(25(38)33-21(27(40)41)10-4-6-12-29)32-26(39)22(34-24(37)18(30)14-23(35)36)13-16-15-31-19-8-2-1-7-17(16)19/h1-2,7-8,15,18,20-22,31H,3-6,9-14,28-30H2,(H,32,39)(H,33,38)(H,34,37)(H,35,36)(H,40,41). The van der Waals surface area contributed by atoms with Gasteiger partial charge in [-0.3, -0.25) is 19.2 Å². The molecule has 0 aliphatic heterocycles. The molecule has 12 N–H and O–H groups in total. The lowest BCUT2D eigenvalue weighted by Gasteiger charge is -2.25. The second-order valence-corrected chi connectivity index (χ2v) is 9.86. The summed E-state index contributed by atoms with van der Waals surface area (Å²) in [4.78, 5) is 65.3. The van der Waals surface area contributed by atoms with Crippen LogP contribution in [0.3, 0.4) is 0 Å². The maximum Gasteiger partial charge on any atom is 0.326 e. The van der Waals surface area contributed by atoms with Crippen molar-refractivity contribution in [2.75, 3.05) is 13.1 Å². The molecule has 1 aromatic heterocycles. The number of benzene rings is 1. The molecule has 2 aromatic rings. The number of hydrogen-bond acceptors (Lipinski definition) is 8. The summed E-state index contributed by atoms with van der Waals surface area (Å²) >= 11 is 0. The number of amides is 3. The Kier molecular flexibility index (Phi) is 13.7. The first-order valence-electron chi connectivity index (χ1n) is 13.6. The second kappa shape index (κ2) is 16.9. The Hall–Kier alpha value is -4.01. The zero-order chi connectivity index (χ0) is 30.4. The van der Waals surface area contributed by atoms with Crippen molar-refractivity contribution in [1.29, 1.82) is 0 Å². The number of carbonyl (C=O) groups excluding carboxylic acids is 3. The van der Waals surface area contributed by atoms with Gasteiger partial charge in [0.2, 0.25) is 17.7 Å². The molecule has 0 aliphatic rings. The monoisotopic (exact) mass is 575 g/mol. The molecule has 0 aliphatic carbocycles. The highest BCUT2D eigenvalue weighted by molar-refractivity contribution is 5.95. The minimum Gasteiger partial charge on any atom is -0.481 e. The molecule has 14 nitrogen and oxygen atoms in total. The number of para-hydroxylation sites is 1. The minimum atomic E-state index is -1.40. The Morgan fingerprint density at radius 3 is 1.95 bits per heavy atom. The van der Waals surface area contributed by atoms with Crippen LogP contribution in [0.15, 0.2) is 30.5 Å². The third kappa shape index (κ3) is 10.8. The number of H-pyrrole nitrogens is 1. The number of hydrogen-bond donors (Lipinski definition) is 9. The fourth-order valence-electron chi connectivity index (χ4n) is 4.35. The highest BCUT2D eigenvalue weighted by Crippen LogP contribution is 2.19. The number of rotatable bonds is 19. The molecule has 4 atom stereocenters. The first kappa shape index (κ1) is 33.2. The molecule has 0 radical (unpaired) electrons. The molecule has 0 saturated carbocycles. The van der Waals surface area contributed by atoms with E-state index in [-0.39, 0.29) is 19.3 Å². The number of carbonyl (C=O) groups is 5. The van der Waals surface area contributed by atoms with Gasteiger partial charge in [-0.05, 0) is 63.2 Å². The van der Waals surface area contributed by atoms with Crippen molar-refractivity contribution in [3.8, 4) is 0 Å². The van der Waals surface area contributed by atoms with Crippen LogP contribution in [0.5, 0.6) is 0 Å². The summed E-state index contributed by atoms with van der Waals surface area (Å²) in [5, 5.41) is 27.1. The number of unbranched alkanes of at least 4 members (excludes halogenated alkanes) is 2. The Bertz CT molecular complexity index is 1190. The molecule has 4 unspecified atom stereocenters. The second-order valence-electron chi connectivity index (χ2n) is 9.86. The molecule has 0 spiro atoms. The van der Waals surface area contributed by atoms with E-state index >= 15 is 0 Å². The van der Waals surface area contributed by atoms with Crippen molar-refractivity contribution in [3.05, 3.63) is 36.0 Å². The lowest BCUT2D eigenvalue weighted by Crippen LogP contribution is -2.57. The van der Waals surface area contributed by atoms with Gasteiger partial charge in [0.1, 0.15) is 18.1 Å². The van der Waals surface area contributed by atoms with E-state index in [0.29, 0.717) is 44.3 Å². The average Bonchev–Trinajstić information content (AvgIpc) is 3.33. The topological polar surface area (TPSA) is 256 Å². The summed E-state index contributed by atoms with van der Waals surface area (Å²) in [6.45, 7) is 0.748. The molecule has 0 fully saturated rings. The van der Waals surface area contributed by atoms with E-state index in [1.165, 1.54) is 0 Å². The largest absolute Gasteiger partial charge is 0.481 e. The SMILES string of the molecule is NCCCCC(NC(=O)C(CCCCN)NC(=O)C(Cc1c[nH]c2ccccc12)NC(=O)C(N)CC(=O)O)C(=O)O. The zero-order valence-electron chi connectivity index (χ0n) is 22.9. The Morgan fingerprint density at radius 2 is 1.34 bits per heavy atom. The first-order chi connectivity index (χ1) is 19.6. The van der Waals surface area contributed by atoms with E-state index < -0.39 is 60.2 Å². The lowest BCUT2D eigenvalue weighted by molar-refractivity contribution is -0.142. The van der Waals surface area contributed by atoms with Crippen LogP contribution in [0.4, 0.5) is 0 Å². The van der Waals surface area contributed by atoms with Crippen LogP contribution in [0.25, 0.3) is 10.9 Å². The third-order valence-corrected chi connectivity index (χ3v) is 6.60. The van der Waals surface area contributed by atoms with Gasteiger partial charge in [0, 0.05) is 23.5 Å². The number of aromatic nitrogens is 1. The highest BCUT2D eigenvalue weighted by atomic mass is 16.4. The summed E-state index contributed by atoms with van der Waals surface area (Å²) in [5.41, 5.74) is 18.3. The van der Waals surface area contributed by atoms with Gasteiger partial charge in [-0.1, -0.05) is 18.2 Å². The predicted octanol–water partition coefficient (Wildman–Crippen LogP) is -0.691. The van der Waals surface area contributed by atoms with Gasteiger partial charge in [0.05, 0.1) is 12.5 Å². The maximum atomic E-state index is 13.5. The number of carboxylic acids is 2. The van der Waals surface area contributed by atoms with E-state index in [1.807, 2.05) is 24.3 Å². The number of nitrogens with one attached hydrogen (secondary N) is 4. The number of aliphatic carboxylic acids is 2. The summed E-state index contributed by atoms with van der Waals surface area (Å²) in [6, 6.07) is 2.45. The van der Waals surface area contributed by atoms with Gasteiger partial charge in [-0.25, -0.2) is 4.79 Å². The van der Waals surface area contributed by atoms with Crippen LogP contribution in [0.2, 0.25) is 0 Å². The molecule has 1 aromatic carbocycles. The van der Waals surface area contributed by atoms with Crippen molar-refractivity contribution in [2.24, 2.45) is 17.2 Å². The summed E-state index contributed by atoms with van der Waals surface area (Å²) in [7, 11) is 0. The highest BCUT2D eigenvalue weighted by Gasteiger charge is 2.31. The van der Waals surface area contributed by atoms with Crippen molar-refractivity contribution >= 4 is 40.6 Å². The number of nitrogens with two attached hydrogens (primary N) is 3. The Labute approximate surface area is 237 Å². The van der Waals surface area contributed by atoms with Crippen LogP contribution in [0, 0.1) is 0 Å². The molecular formula is C27H41N7O7. The first-order valence-corrected chi connectivity index (χ1v) is 13.6. The van der Waals surface area contributed by atoms with Crippen LogP contribution in [-0.2, 0) is 30.4 Å². The third-order valence-electron chi connectivity index (χ3n) is 6.60. The fraction of sp³-hybridized carbons (Fsp3) is 0.519. The van der Waals surface area contributed by atoms with Crippen LogP contribution in [0.1, 0.15) is 50.5 Å². The molecule has 14 heteroatoms. The van der Waals surface area contributed by atoms with E-state index in [2.05, 4.69) is 20.9 Å². The van der Waals surface area contributed by atoms with E-state index in [9.17, 15) is 29.1 Å². The van der Waals surface area contributed by atoms with Gasteiger partial charge in [0.15, 0.2) is 0 Å². The Morgan fingerprint density at radius 1 is 0.780 bits per heavy atom. The van der Waals surface area contributed by atoms with Crippen LogP contribution >= 0.6 is 0 Å². The molecule has 3 amide bonds. The Balaban J connectivity index is 2.28. The number of aromatic amines is 1. The summed E-state index contributed by atoms with van der Waals surface area (Å²) < 4.78 is 0. The number of fused-ring (bicyclic) bond motifs is 1. The summed E-state index contributed by atoms with van der Waals surface area (Å²) in [5.74, 6) is -4.73. The zero-order valence-corrected chi connectivity index (χ0v) is 22.9. The fourth-order valence-corrected chi connectivity index (χ4v) is 4.35. The number of carboxylic acid groups (broad SMARTS) is 2. The van der Waals surface area contributed by atoms with Crippen LogP contribution in [-0.4, -0.2) is 82.1 Å². The average molecular weight is 576 g/mol. The molecule has 0 bridgehead atoms. The van der Waals surface area contributed by atoms with Gasteiger partial charge in [0.25, 0.3) is 0 Å². The molecule has 0 saturated heterocycles. The van der Waals surface area contributed by atoms with Crippen molar-refractivity contribution in [2.45, 2.75) is 75.5 Å². The molecular weight excluding hydrogens is 534 g/mol. The predicted molar refractivity (Wildman–Crippen MR) is 151 cm³/mol. The van der Waals surface area contributed by atoms with Crippen molar-refractivity contribution in [1.82, 2.24) is 20.9 Å². The molecule has 1 heterocycles. The van der Waals surface area contributed by atoms with Gasteiger partial charge >= 0.3 is 11.9 Å². The maximum absolute atomic E-state index is 13.5. The summed E-state index contributed by atoms with van der Waals surface area (Å²) in [6.07, 6.45) is 3.54. The van der Waals surface area contributed by atoms with Crippen molar-refractivity contribution in [3.63, 3.8) is 0 Å². The molecule has 41 heavy (non-hydrogen) atoms. The van der Waals surface area contributed by atoms with E-state index in [1.54, 1.807) is 6.20 Å². The normalized spacial score (nSPS) is 14.0. The van der Waals surface area contributed by atoms with Gasteiger partial charge < -0.3 is 48.3 Å². The molecule has 226 valence electrons. The van der Waals surface area contributed by atoms with Crippen LogP contribution < -0.4 is 33.2 Å². The minimum absolute atomic E-state index is 0.00928. The van der Waals surface area contributed by atoms with Crippen molar-refractivity contribution < 1.29 is 34.2 Å². The molecule has 2 rings (SSSR count). The lowest BCUT2D eigenvalue weighted by atomic mass is 10.0. The van der Waals surface area contributed by atoms with E-state index in [0.717, 1.165) is 10.9 Å². The smallest absolute Gasteiger partial charge is 0.326 e. The van der Waals surface area contributed by atoms with Gasteiger partial charge in [-0.2, -0.15) is 0 Å².